The van der Waals surface area contributed by atoms with Gasteiger partial charge in [-0.3, -0.25) is 0 Å². The van der Waals surface area contributed by atoms with E-state index >= 15 is 0 Å². The van der Waals surface area contributed by atoms with E-state index in [1.807, 2.05) is 27.7 Å². The Morgan fingerprint density at radius 3 is 1.92 bits per heavy atom. The summed E-state index contributed by atoms with van der Waals surface area (Å²) < 4.78 is 11.1. The van der Waals surface area contributed by atoms with Crippen molar-refractivity contribution < 1.29 is 19.1 Å². The summed E-state index contributed by atoms with van der Waals surface area (Å²) in [6.07, 6.45) is 7.77. The normalized spacial score (nSPS) is 16.6. The van der Waals surface area contributed by atoms with Crippen LogP contribution in [0.2, 0.25) is 0 Å². The first-order valence-electron chi connectivity index (χ1n) is 10.4. The van der Waals surface area contributed by atoms with Crippen LogP contribution in [-0.4, -0.2) is 25.2 Å². The van der Waals surface area contributed by atoms with Crippen molar-refractivity contribution >= 4 is 11.9 Å². The molecule has 0 spiro atoms. The van der Waals surface area contributed by atoms with Gasteiger partial charge in [0.05, 0.1) is 18.8 Å². The molecule has 1 fully saturated rings. The third kappa shape index (κ3) is 7.92. The van der Waals surface area contributed by atoms with Gasteiger partial charge < -0.3 is 9.47 Å². The molecule has 0 saturated heterocycles. The Hall–Kier alpha value is -1.32. The summed E-state index contributed by atoms with van der Waals surface area (Å²) in [5.41, 5.74) is 1.17. The minimum absolute atomic E-state index is 0.127. The molecule has 4 heteroatoms. The van der Waals surface area contributed by atoms with E-state index < -0.39 is 0 Å². The minimum Gasteiger partial charge on any atom is -0.462 e. The SMILES string of the molecule is CCCC/C(C(=O)OCC(C)C)=C(/C(=O)OCC(C)C)C1CCCCC1. The molecule has 0 N–H and O–H groups in total. The highest BCUT2D eigenvalue weighted by Gasteiger charge is 2.31. The van der Waals surface area contributed by atoms with Gasteiger partial charge in [0.25, 0.3) is 0 Å². The molecular formula is C22H38O4. The second-order valence-electron chi connectivity index (χ2n) is 8.32. The van der Waals surface area contributed by atoms with Crippen LogP contribution in [-0.2, 0) is 19.1 Å². The fourth-order valence-electron chi connectivity index (χ4n) is 3.28. The second-order valence-corrected chi connectivity index (χ2v) is 8.32. The molecule has 0 radical (unpaired) electrons. The lowest BCUT2D eigenvalue weighted by atomic mass is 9.81. The summed E-state index contributed by atoms with van der Waals surface area (Å²) in [6, 6.07) is 0. The summed E-state index contributed by atoms with van der Waals surface area (Å²) >= 11 is 0. The van der Waals surface area contributed by atoms with Crippen molar-refractivity contribution in [2.24, 2.45) is 17.8 Å². The van der Waals surface area contributed by atoms with Crippen molar-refractivity contribution in [2.45, 2.75) is 86.0 Å². The average Bonchev–Trinajstić information content (AvgIpc) is 2.61. The lowest BCUT2D eigenvalue weighted by Crippen LogP contribution is -2.25. The first-order valence-corrected chi connectivity index (χ1v) is 10.4. The van der Waals surface area contributed by atoms with Gasteiger partial charge >= 0.3 is 11.9 Å². The summed E-state index contributed by atoms with van der Waals surface area (Å²) in [5, 5.41) is 0. The Morgan fingerprint density at radius 2 is 1.42 bits per heavy atom. The lowest BCUT2D eigenvalue weighted by Gasteiger charge is -2.26. The molecular weight excluding hydrogens is 328 g/mol. The number of carbonyl (C=O) groups is 2. The van der Waals surface area contributed by atoms with Crippen LogP contribution < -0.4 is 0 Å². The van der Waals surface area contributed by atoms with Crippen LogP contribution in [0.25, 0.3) is 0 Å². The van der Waals surface area contributed by atoms with Gasteiger partial charge in [-0.15, -0.1) is 0 Å². The van der Waals surface area contributed by atoms with Crippen molar-refractivity contribution in [3.63, 3.8) is 0 Å². The highest BCUT2D eigenvalue weighted by Crippen LogP contribution is 2.34. The quantitative estimate of drug-likeness (QED) is 0.381. The third-order valence-corrected chi connectivity index (χ3v) is 4.68. The maximum absolute atomic E-state index is 12.9. The predicted molar refractivity (Wildman–Crippen MR) is 105 cm³/mol. The number of ether oxygens (including phenoxy) is 2. The Bertz CT molecular complexity index is 471. The summed E-state index contributed by atoms with van der Waals surface area (Å²) in [5.74, 6) is 0.0465. The van der Waals surface area contributed by atoms with Gasteiger partial charge in [-0.1, -0.05) is 60.3 Å². The van der Waals surface area contributed by atoms with Gasteiger partial charge in [0.1, 0.15) is 0 Å². The second kappa shape index (κ2) is 12.1. The van der Waals surface area contributed by atoms with E-state index in [2.05, 4.69) is 6.92 Å². The fraction of sp³-hybridized carbons (Fsp3) is 0.818. The molecule has 0 amide bonds. The number of rotatable bonds is 10. The zero-order valence-corrected chi connectivity index (χ0v) is 17.4. The summed E-state index contributed by atoms with van der Waals surface area (Å²) in [6.45, 7) is 10.9. The van der Waals surface area contributed by atoms with E-state index in [9.17, 15) is 9.59 Å². The van der Waals surface area contributed by atoms with E-state index in [1.165, 1.54) is 6.42 Å². The maximum atomic E-state index is 12.9. The molecule has 1 aliphatic carbocycles. The van der Waals surface area contributed by atoms with Gasteiger partial charge in [-0.05, 0) is 43.4 Å². The average molecular weight is 367 g/mol. The Kier molecular flexibility index (Phi) is 10.6. The number of carbonyl (C=O) groups excluding carboxylic acids is 2. The topological polar surface area (TPSA) is 52.6 Å². The molecule has 26 heavy (non-hydrogen) atoms. The van der Waals surface area contributed by atoms with Gasteiger partial charge in [0.2, 0.25) is 0 Å². The van der Waals surface area contributed by atoms with Gasteiger partial charge in [0, 0.05) is 5.57 Å². The van der Waals surface area contributed by atoms with Crippen molar-refractivity contribution in [2.75, 3.05) is 13.2 Å². The fourth-order valence-corrected chi connectivity index (χ4v) is 3.28. The Morgan fingerprint density at radius 1 is 0.885 bits per heavy atom. The van der Waals surface area contributed by atoms with Crippen molar-refractivity contribution in [3.05, 3.63) is 11.1 Å². The molecule has 0 aliphatic heterocycles. The van der Waals surface area contributed by atoms with Crippen molar-refractivity contribution in [1.82, 2.24) is 0 Å². The highest BCUT2D eigenvalue weighted by molar-refractivity contribution is 6.00. The van der Waals surface area contributed by atoms with E-state index in [-0.39, 0.29) is 29.7 Å². The molecule has 1 rings (SSSR count). The molecule has 0 bridgehead atoms. The molecule has 1 saturated carbocycles. The van der Waals surface area contributed by atoms with Crippen LogP contribution in [0.4, 0.5) is 0 Å². The summed E-state index contributed by atoms with van der Waals surface area (Å²) in [4.78, 5) is 25.7. The van der Waals surface area contributed by atoms with Crippen LogP contribution in [0.15, 0.2) is 11.1 Å². The van der Waals surface area contributed by atoms with E-state index in [0.717, 1.165) is 38.5 Å². The Balaban J connectivity index is 3.15. The molecule has 1 aliphatic rings. The molecule has 0 aromatic carbocycles. The number of esters is 2. The summed E-state index contributed by atoms with van der Waals surface area (Å²) in [7, 11) is 0. The standard InChI is InChI=1S/C22H38O4/c1-6-7-13-19(21(23)25-14-16(2)3)20(18-11-9-8-10-12-18)22(24)26-15-17(4)5/h16-18H,6-15H2,1-5H3/b20-19-. The van der Waals surface area contributed by atoms with E-state index in [1.54, 1.807) is 0 Å². The highest BCUT2D eigenvalue weighted by atomic mass is 16.5. The molecule has 0 atom stereocenters. The van der Waals surface area contributed by atoms with E-state index in [0.29, 0.717) is 30.8 Å². The first kappa shape index (κ1) is 22.7. The van der Waals surface area contributed by atoms with Crippen LogP contribution in [0.1, 0.15) is 86.0 Å². The van der Waals surface area contributed by atoms with Crippen LogP contribution >= 0.6 is 0 Å². The number of unbranched alkanes of at least 4 members (excludes halogenated alkanes) is 1. The van der Waals surface area contributed by atoms with Gasteiger partial charge in [-0.2, -0.15) is 0 Å². The van der Waals surface area contributed by atoms with Crippen LogP contribution in [0, 0.1) is 17.8 Å². The predicted octanol–water partition coefficient (Wildman–Crippen LogP) is 5.45. The van der Waals surface area contributed by atoms with Crippen LogP contribution in [0.3, 0.4) is 0 Å². The molecule has 150 valence electrons. The first-order chi connectivity index (χ1) is 12.4. The Labute approximate surface area is 159 Å². The molecule has 0 heterocycles. The van der Waals surface area contributed by atoms with Crippen molar-refractivity contribution in [3.8, 4) is 0 Å². The molecule has 0 aromatic rings. The van der Waals surface area contributed by atoms with Gasteiger partial charge in [-0.25, -0.2) is 9.59 Å². The molecule has 0 unspecified atom stereocenters. The number of hydrogen-bond donors (Lipinski definition) is 0. The largest absolute Gasteiger partial charge is 0.462 e. The maximum Gasteiger partial charge on any atom is 0.334 e. The van der Waals surface area contributed by atoms with Crippen molar-refractivity contribution in [1.29, 1.82) is 0 Å². The monoisotopic (exact) mass is 366 g/mol. The zero-order valence-electron chi connectivity index (χ0n) is 17.4. The smallest absolute Gasteiger partial charge is 0.334 e. The third-order valence-electron chi connectivity index (χ3n) is 4.68. The lowest BCUT2D eigenvalue weighted by molar-refractivity contribution is -0.144. The van der Waals surface area contributed by atoms with Gasteiger partial charge in [0.15, 0.2) is 0 Å². The zero-order chi connectivity index (χ0) is 19.5. The van der Waals surface area contributed by atoms with Crippen LogP contribution in [0.5, 0.6) is 0 Å². The molecule has 4 nitrogen and oxygen atoms in total. The minimum atomic E-state index is -0.325. The molecule has 0 aromatic heterocycles. The number of hydrogen-bond acceptors (Lipinski definition) is 4. The van der Waals surface area contributed by atoms with E-state index in [4.69, 9.17) is 9.47 Å².